The summed E-state index contributed by atoms with van der Waals surface area (Å²) in [5.41, 5.74) is 0. The third kappa shape index (κ3) is 4.96. The molecule has 1 aromatic heterocycles. The molecule has 7 nitrogen and oxygen atoms in total. The van der Waals surface area contributed by atoms with Crippen molar-refractivity contribution in [1.29, 1.82) is 0 Å². The summed E-state index contributed by atoms with van der Waals surface area (Å²) in [6.07, 6.45) is 7.06. The zero-order valence-electron chi connectivity index (χ0n) is 16.2. The minimum atomic E-state index is -0.0338. The van der Waals surface area contributed by atoms with E-state index in [2.05, 4.69) is 27.3 Å². The largest absolute Gasteiger partial charge is 0.339 e. The van der Waals surface area contributed by atoms with E-state index in [0.717, 1.165) is 44.2 Å². The topological polar surface area (TPSA) is 74.5 Å². The Bertz CT molecular complexity index is 564. The van der Waals surface area contributed by atoms with Crippen molar-refractivity contribution in [2.24, 2.45) is 5.92 Å². The third-order valence-corrected chi connectivity index (χ3v) is 5.92. The summed E-state index contributed by atoms with van der Waals surface area (Å²) >= 11 is 0. The highest BCUT2D eigenvalue weighted by Gasteiger charge is 2.26. The lowest BCUT2D eigenvalue weighted by Crippen LogP contribution is -2.41. The van der Waals surface area contributed by atoms with Gasteiger partial charge in [-0.2, -0.15) is 4.98 Å². The number of carbonyl (C=O) groups is 1. The van der Waals surface area contributed by atoms with Crippen LogP contribution in [0.2, 0.25) is 0 Å². The number of hydrogen-bond acceptors (Lipinski definition) is 5. The Labute approximate surface area is 156 Å². The lowest BCUT2D eigenvalue weighted by molar-refractivity contribution is 0.180. The van der Waals surface area contributed by atoms with E-state index in [9.17, 15) is 4.79 Å². The molecule has 3 rings (SSSR count). The molecule has 1 aliphatic heterocycles. The first-order valence-corrected chi connectivity index (χ1v) is 10.3. The normalized spacial score (nSPS) is 19.3. The molecular formula is C19H33N5O2. The summed E-state index contributed by atoms with van der Waals surface area (Å²) in [5, 5.41) is 7.11. The average Bonchev–Trinajstić information content (AvgIpc) is 3.06. The highest BCUT2D eigenvalue weighted by atomic mass is 16.5. The van der Waals surface area contributed by atoms with Gasteiger partial charge in [0.1, 0.15) is 0 Å². The molecule has 0 unspecified atom stereocenters. The molecule has 1 aromatic rings. The van der Waals surface area contributed by atoms with Crippen molar-refractivity contribution in [2.75, 3.05) is 32.7 Å². The number of urea groups is 1. The average molecular weight is 364 g/mol. The van der Waals surface area contributed by atoms with Gasteiger partial charge in [-0.3, -0.25) is 0 Å². The minimum Gasteiger partial charge on any atom is -0.339 e. The van der Waals surface area contributed by atoms with Gasteiger partial charge in [0.2, 0.25) is 5.89 Å². The molecule has 0 aromatic carbocycles. The summed E-state index contributed by atoms with van der Waals surface area (Å²) in [6, 6.07) is -0.0338. The molecule has 1 N–H and O–H groups in total. The molecule has 2 fully saturated rings. The number of carbonyl (C=O) groups excluding carboxylic acids is 1. The molecule has 26 heavy (non-hydrogen) atoms. The Kier molecular flexibility index (Phi) is 6.88. The smallest absolute Gasteiger partial charge is 0.317 e. The van der Waals surface area contributed by atoms with Crippen LogP contribution in [0, 0.1) is 5.92 Å². The van der Waals surface area contributed by atoms with Gasteiger partial charge in [-0.1, -0.05) is 18.5 Å². The first-order valence-electron chi connectivity index (χ1n) is 10.3. The van der Waals surface area contributed by atoms with Crippen LogP contribution in [0.5, 0.6) is 0 Å². The second-order valence-corrected chi connectivity index (χ2v) is 7.59. The number of nitrogens with one attached hydrogen (secondary N) is 1. The maximum Gasteiger partial charge on any atom is 0.317 e. The SMILES string of the molecule is CCN1CCC(CCNC(=O)N(CC)Cc2noc(C3CCC3)n2)CC1. The van der Waals surface area contributed by atoms with Gasteiger partial charge in [0.05, 0.1) is 6.54 Å². The molecule has 1 saturated heterocycles. The lowest BCUT2D eigenvalue weighted by atomic mass is 9.85. The van der Waals surface area contributed by atoms with Crippen molar-refractivity contribution in [1.82, 2.24) is 25.3 Å². The van der Waals surface area contributed by atoms with Gasteiger partial charge in [0.25, 0.3) is 0 Å². The Hall–Kier alpha value is -1.63. The first-order chi connectivity index (χ1) is 12.7. The molecule has 1 aliphatic carbocycles. The highest BCUT2D eigenvalue weighted by Crippen LogP contribution is 2.35. The Morgan fingerprint density at radius 2 is 2.04 bits per heavy atom. The van der Waals surface area contributed by atoms with Crippen molar-refractivity contribution >= 4 is 6.03 Å². The highest BCUT2D eigenvalue weighted by molar-refractivity contribution is 5.73. The number of aromatic nitrogens is 2. The zero-order chi connectivity index (χ0) is 18.4. The van der Waals surface area contributed by atoms with Crippen molar-refractivity contribution in [2.45, 2.75) is 64.8 Å². The molecule has 0 radical (unpaired) electrons. The van der Waals surface area contributed by atoms with Crippen molar-refractivity contribution in [3.63, 3.8) is 0 Å². The molecule has 2 heterocycles. The number of hydrogen-bond donors (Lipinski definition) is 1. The zero-order valence-corrected chi connectivity index (χ0v) is 16.2. The van der Waals surface area contributed by atoms with Gasteiger partial charge >= 0.3 is 6.03 Å². The van der Waals surface area contributed by atoms with Crippen LogP contribution in [-0.2, 0) is 6.54 Å². The Balaban J connectivity index is 1.38. The van der Waals surface area contributed by atoms with Crippen molar-refractivity contribution < 1.29 is 9.32 Å². The third-order valence-electron chi connectivity index (χ3n) is 5.92. The van der Waals surface area contributed by atoms with Crippen LogP contribution in [0.25, 0.3) is 0 Å². The summed E-state index contributed by atoms with van der Waals surface area (Å²) in [6.45, 7) is 9.51. The van der Waals surface area contributed by atoms with Gasteiger partial charge in [-0.15, -0.1) is 0 Å². The number of likely N-dealkylation sites (tertiary alicyclic amines) is 1. The summed E-state index contributed by atoms with van der Waals surface area (Å²) in [5.74, 6) is 2.51. The molecule has 1 saturated carbocycles. The molecule has 2 amide bonds. The molecule has 0 spiro atoms. The van der Waals surface area contributed by atoms with Gasteiger partial charge in [0.15, 0.2) is 5.82 Å². The van der Waals surface area contributed by atoms with Gasteiger partial charge in [-0.05, 0) is 64.6 Å². The molecule has 7 heteroatoms. The monoisotopic (exact) mass is 363 g/mol. The van der Waals surface area contributed by atoms with E-state index in [0.29, 0.717) is 24.8 Å². The van der Waals surface area contributed by atoms with E-state index in [1.165, 1.54) is 32.4 Å². The number of amides is 2. The molecule has 0 bridgehead atoms. The number of rotatable bonds is 8. The fourth-order valence-corrected chi connectivity index (χ4v) is 3.74. The summed E-state index contributed by atoms with van der Waals surface area (Å²) in [7, 11) is 0. The van der Waals surface area contributed by atoms with Crippen LogP contribution in [0.15, 0.2) is 4.52 Å². The van der Waals surface area contributed by atoms with Crippen LogP contribution in [-0.4, -0.2) is 58.7 Å². The van der Waals surface area contributed by atoms with Crippen LogP contribution < -0.4 is 5.32 Å². The molecule has 146 valence electrons. The lowest BCUT2D eigenvalue weighted by Gasteiger charge is -2.31. The van der Waals surface area contributed by atoms with Crippen LogP contribution >= 0.6 is 0 Å². The number of nitrogens with zero attached hydrogens (tertiary/aromatic N) is 4. The van der Waals surface area contributed by atoms with Gasteiger partial charge in [0, 0.05) is 19.0 Å². The van der Waals surface area contributed by atoms with E-state index < -0.39 is 0 Å². The second kappa shape index (κ2) is 9.35. The van der Waals surface area contributed by atoms with Gasteiger partial charge < -0.3 is 19.6 Å². The predicted molar refractivity (Wildman–Crippen MR) is 99.8 cm³/mol. The quantitative estimate of drug-likeness (QED) is 0.768. The second-order valence-electron chi connectivity index (χ2n) is 7.59. The molecular weight excluding hydrogens is 330 g/mol. The van der Waals surface area contributed by atoms with Crippen molar-refractivity contribution in [3.8, 4) is 0 Å². The van der Waals surface area contributed by atoms with E-state index in [1.54, 1.807) is 4.90 Å². The van der Waals surface area contributed by atoms with Gasteiger partial charge in [-0.25, -0.2) is 4.79 Å². The number of piperidine rings is 1. The standard InChI is InChI=1S/C19H33N5O2/c1-3-23-12-9-15(10-13-23)8-11-20-19(25)24(4-2)14-17-21-18(26-22-17)16-6-5-7-16/h15-16H,3-14H2,1-2H3,(H,20,25). The Morgan fingerprint density at radius 1 is 1.27 bits per heavy atom. The van der Waals surface area contributed by atoms with Crippen LogP contribution in [0.3, 0.4) is 0 Å². The van der Waals surface area contributed by atoms with E-state index >= 15 is 0 Å². The van der Waals surface area contributed by atoms with E-state index in [1.807, 2.05) is 6.92 Å². The maximum absolute atomic E-state index is 12.4. The fraction of sp³-hybridized carbons (Fsp3) is 0.842. The first kappa shape index (κ1) is 19.1. The molecule has 2 aliphatic rings. The summed E-state index contributed by atoms with van der Waals surface area (Å²) < 4.78 is 5.35. The maximum atomic E-state index is 12.4. The van der Waals surface area contributed by atoms with E-state index in [-0.39, 0.29) is 6.03 Å². The fourth-order valence-electron chi connectivity index (χ4n) is 3.74. The van der Waals surface area contributed by atoms with Crippen molar-refractivity contribution in [3.05, 3.63) is 11.7 Å². The van der Waals surface area contributed by atoms with Crippen LogP contribution in [0.4, 0.5) is 4.79 Å². The predicted octanol–water partition coefficient (Wildman–Crippen LogP) is 2.99. The Morgan fingerprint density at radius 3 is 2.65 bits per heavy atom. The molecule has 0 atom stereocenters. The van der Waals surface area contributed by atoms with Crippen LogP contribution in [0.1, 0.15) is 70.0 Å². The van der Waals surface area contributed by atoms with E-state index in [4.69, 9.17) is 4.52 Å². The summed E-state index contributed by atoms with van der Waals surface area (Å²) in [4.78, 5) is 21.2. The minimum absolute atomic E-state index is 0.0338.